The van der Waals surface area contributed by atoms with Crippen molar-refractivity contribution in [2.24, 2.45) is 29.6 Å². The highest BCUT2D eigenvalue weighted by Crippen LogP contribution is 2.72. The van der Waals surface area contributed by atoms with Crippen LogP contribution in [-0.4, -0.2) is 5.11 Å². The molecule has 0 amide bonds. The van der Waals surface area contributed by atoms with Crippen LogP contribution in [0.5, 0.6) is 0 Å². The Kier molecular flexibility index (Phi) is 2.36. The van der Waals surface area contributed by atoms with Gasteiger partial charge in [-0.05, 0) is 67.4 Å². The SMILES string of the molecule is Cc1cc(C(O)C2C3C4CCC(C4)C32)c(F)cc1F. The largest absolute Gasteiger partial charge is 0.388 e. The summed E-state index contributed by atoms with van der Waals surface area (Å²) in [5.41, 5.74) is 0.696. The second-order valence-corrected chi connectivity index (χ2v) is 6.63. The van der Waals surface area contributed by atoms with Gasteiger partial charge in [-0.2, -0.15) is 0 Å². The Morgan fingerprint density at radius 1 is 1.11 bits per heavy atom. The van der Waals surface area contributed by atoms with Gasteiger partial charge in [-0.3, -0.25) is 0 Å². The monoisotopic (exact) mass is 264 g/mol. The molecule has 0 radical (unpaired) electrons. The summed E-state index contributed by atoms with van der Waals surface area (Å²) >= 11 is 0. The van der Waals surface area contributed by atoms with Crippen LogP contribution in [0.1, 0.15) is 36.5 Å². The lowest BCUT2D eigenvalue weighted by molar-refractivity contribution is 0.126. The fourth-order valence-electron chi connectivity index (χ4n) is 4.93. The van der Waals surface area contributed by atoms with Crippen molar-refractivity contribution in [3.05, 3.63) is 34.9 Å². The Labute approximate surface area is 111 Å². The van der Waals surface area contributed by atoms with Crippen LogP contribution >= 0.6 is 0 Å². The van der Waals surface area contributed by atoms with Crippen molar-refractivity contribution >= 4 is 0 Å². The molecule has 19 heavy (non-hydrogen) atoms. The lowest BCUT2D eigenvalue weighted by atomic mass is 9.94. The lowest BCUT2D eigenvalue weighted by Gasteiger charge is -2.17. The summed E-state index contributed by atoms with van der Waals surface area (Å²) in [6.45, 7) is 1.61. The second kappa shape index (κ2) is 3.78. The average molecular weight is 264 g/mol. The third kappa shape index (κ3) is 1.54. The van der Waals surface area contributed by atoms with E-state index in [4.69, 9.17) is 0 Å². The van der Waals surface area contributed by atoms with Crippen LogP contribution in [-0.2, 0) is 0 Å². The van der Waals surface area contributed by atoms with E-state index in [0.717, 1.165) is 17.9 Å². The first-order valence-electron chi connectivity index (χ1n) is 7.21. The smallest absolute Gasteiger partial charge is 0.131 e. The summed E-state index contributed by atoms with van der Waals surface area (Å²) in [5.74, 6) is 1.76. The standard InChI is InChI=1S/C16H18F2O/c1-7-4-10(12(18)6-11(7)17)16(19)15-13-8-2-3-9(5-8)14(13)15/h4,6,8-9,13-16,19H,2-3,5H2,1H3. The van der Waals surface area contributed by atoms with Gasteiger partial charge in [-0.25, -0.2) is 8.78 Å². The van der Waals surface area contributed by atoms with Crippen LogP contribution < -0.4 is 0 Å². The lowest BCUT2D eigenvalue weighted by Crippen LogP contribution is -2.10. The van der Waals surface area contributed by atoms with Crippen molar-refractivity contribution in [3.8, 4) is 0 Å². The normalized spacial score (nSPS) is 40.3. The molecule has 5 atom stereocenters. The highest BCUT2D eigenvalue weighted by atomic mass is 19.1. The van der Waals surface area contributed by atoms with Crippen molar-refractivity contribution < 1.29 is 13.9 Å². The molecule has 3 aliphatic carbocycles. The van der Waals surface area contributed by atoms with Crippen molar-refractivity contribution in [2.75, 3.05) is 0 Å². The molecule has 3 aliphatic rings. The summed E-state index contributed by atoms with van der Waals surface area (Å²) in [7, 11) is 0. The van der Waals surface area contributed by atoms with Gasteiger partial charge in [0.15, 0.2) is 0 Å². The van der Waals surface area contributed by atoms with Crippen LogP contribution in [0.3, 0.4) is 0 Å². The maximum absolute atomic E-state index is 13.9. The Morgan fingerprint density at radius 3 is 2.37 bits per heavy atom. The zero-order valence-corrected chi connectivity index (χ0v) is 10.9. The van der Waals surface area contributed by atoms with Gasteiger partial charge in [0.2, 0.25) is 0 Å². The van der Waals surface area contributed by atoms with E-state index in [9.17, 15) is 13.9 Å². The number of hydrogen-bond acceptors (Lipinski definition) is 1. The highest BCUT2D eigenvalue weighted by molar-refractivity contribution is 5.30. The molecule has 4 rings (SSSR count). The third-order valence-electron chi connectivity index (χ3n) is 5.76. The Balaban J connectivity index is 1.62. The van der Waals surface area contributed by atoms with Crippen molar-refractivity contribution in [1.29, 1.82) is 0 Å². The van der Waals surface area contributed by atoms with Crippen LogP contribution in [0.4, 0.5) is 8.78 Å². The number of fused-ring (bicyclic) bond motifs is 5. The number of aliphatic hydroxyl groups excluding tert-OH is 1. The fourth-order valence-corrected chi connectivity index (χ4v) is 4.93. The second-order valence-electron chi connectivity index (χ2n) is 6.63. The number of hydrogen-bond donors (Lipinski definition) is 1. The van der Waals surface area contributed by atoms with Crippen LogP contribution in [0.25, 0.3) is 0 Å². The minimum atomic E-state index is -0.752. The minimum absolute atomic E-state index is 0.214. The van der Waals surface area contributed by atoms with E-state index in [1.807, 2.05) is 0 Å². The maximum Gasteiger partial charge on any atom is 0.131 e. The van der Waals surface area contributed by atoms with E-state index < -0.39 is 17.7 Å². The zero-order valence-electron chi connectivity index (χ0n) is 10.9. The number of rotatable bonds is 2. The molecule has 1 aromatic carbocycles. The van der Waals surface area contributed by atoms with Gasteiger partial charge in [0, 0.05) is 11.6 Å². The van der Waals surface area contributed by atoms with E-state index >= 15 is 0 Å². The predicted octanol–water partition coefficient (Wildman–Crippen LogP) is 3.60. The molecular formula is C16H18F2O. The van der Waals surface area contributed by atoms with Gasteiger partial charge in [-0.1, -0.05) is 0 Å². The van der Waals surface area contributed by atoms with Gasteiger partial charge in [-0.15, -0.1) is 0 Å². The average Bonchev–Trinajstić information content (AvgIpc) is 2.81. The maximum atomic E-state index is 13.9. The zero-order chi connectivity index (χ0) is 13.3. The highest BCUT2D eigenvalue weighted by Gasteiger charge is 2.66. The molecule has 1 N–H and O–H groups in total. The summed E-state index contributed by atoms with van der Waals surface area (Å²) in [5, 5.41) is 10.5. The molecule has 5 unspecified atom stereocenters. The molecule has 3 fully saturated rings. The first-order valence-corrected chi connectivity index (χ1v) is 7.21. The third-order valence-corrected chi connectivity index (χ3v) is 5.76. The summed E-state index contributed by atoms with van der Waals surface area (Å²) in [6, 6.07) is 2.38. The molecule has 0 aliphatic heterocycles. The van der Waals surface area contributed by atoms with Gasteiger partial charge in [0.1, 0.15) is 11.6 Å². The molecule has 2 bridgehead atoms. The van der Waals surface area contributed by atoms with E-state index in [1.54, 1.807) is 6.92 Å². The molecule has 1 nitrogen and oxygen atoms in total. The summed E-state index contributed by atoms with van der Waals surface area (Å²) < 4.78 is 27.1. The van der Waals surface area contributed by atoms with E-state index in [2.05, 4.69) is 0 Å². The molecule has 3 saturated carbocycles. The first kappa shape index (κ1) is 11.8. The van der Waals surface area contributed by atoms with Crippen LogP contribution in [0.15, 0.2) is 12.1 Å². The van der Waals surface area contributed by atoms with E-state index in [-0.39, 0.29) is 11.5 Å². The fraction of sp³-hybridized carbons (Fsp3) is 0.625. The van der Waals surface area contributed by atoms with Crippen molar-refractivity contribution in [1.82, 2.24) is 0 Å². The van der Waals surface area contributed by atoms with E-state index in [1.165, 1.54) is 25.3 Å². The molecule has 0 heterocycles. The topological polar surface area (TPSA) is 20.2 Å². The van der Waals surface area contributed by atoms with Crippen LogP contribution in [0, 0.1) is 48.1 Å². The minimum Gasteiger partial charge on any atom is -0.388 e. The Bertz CT molecular complexity index is 526. The van der Waals surface area contributed by atoms with Crippen molar-refractivity contribution in [3.63, 3.8) is 0 Å². The summed E-state index contributed by atoms with van der Waals surface area (Å²) in [4.78, 5) is 0. The quantitative estimate of drug-likeness (QED) is 0.865. The predicted molar refractivity (Wildman–Crippen MR) is 67.4 cm³/mol. The van der Waals surface area contributed by atoms with Crippen LogP contribution in [0.2, 0.25) is 0 Å². The van der Waals surface area contributed by atoms with E-state index in [0.29, 0.717) is 17.4 Å². The first-order chi connectivity index (χ1) is 9.08. The molecule has 0 saturated heterocycles. The van der Waals surface area contributed by atoms with Gasteiger partial charge >= 0.3 is 0 Å². The van der Waals surface area contributed by atoms with Gasteiger partial charge in [0.25, 0.3) is 0 Å². The molecular weight excluding hydrogens is 246 g/mol. The Morgan fingerprint density at radius 2 is 1.74 bits per heavy atom. The van der Waals surface area contributed by atoms with Gasteiger partial charge < -0.3 is 5.11 Å². The number of aliphatic hydroxyl groups is 1. The Hall–Kier alpha value is -0.960. The number of aryl methyl sites for hydroxylation is 1. The number of benzene rings is 1. The molecule has 0 spiro atoms. The number of halogens is 2. The molecule has 3 heteroatoms. The molecule has 0 aromatic heterocycles. The summed E-state index contributed by atoms with van der Waals surface area (Å²) in [6.07, 6.45) is 3.11. The van der Waals surface area contributed by atoms with Gasteiger partial charge in [0.05, 0.1) is 6.10 Å². The molecule has 102 valence electrons. The van der Waals surface area contributed by atoms with Crippen molar-refractivity contribution in [2.45, 2.75) is 32.3 Å². The molecule has 1 aromatic rings.